The van der Waals surface area contributed by atoms with Crippen LogP contribution in [0.3, 0.4) is 0 Å². The topological polar surface area (TPSA) is 127 Å². The summed E-state index contributed by atoms with van der Waals surface area (Å²) in [5, 5.41) is 27.5. The molecular formula is C16H23BrN4O5. The average molecular weight is 431 g/mol. The van der Waals surface area contributed by atoms with Crippen LogP contribution in [0.1, 0.15) is 40.0 Å². The van der Waals surface area contributed by atoms with Crippen LogP contribution >= 0.6 is 15.9 Å². The predicted octanol–water partition coefficient (Wildman–Crippen LogP) is 2.97. The smallest absolute Gasteiger partial charge is 0.407 e. The fourth-order valence-electron chi connectivity index (χ4n) is 2.84. The van der Waals surface area contributed by atoms with Gasteiger partial charge in [0.1, 0.15) is 22.1 Å². The minimum atomic E-state index is -0.914. The van der Waals surface area contributed by atoms with Gasteiger partial charge >= 0.3 is 11.8 Å². The third kappa shape index (κ3) is 5.53. The van der Waals surface area contributed by atoms with Crippen molar-refractivity contribution < 1.29 is 19.6 Å². The summed E-state index contributed by atoms with van der Waals surface area (Å²) >= 11 is 3.19. The molecule has 0 unspecified atom stereocenters. The van der Waals surface area contributed by atoms with E-state index in [9.17, 15) is 20.0 Å². The van der Waals surface area contributed by atoms with Crippen molar-refractivity contribution >= 4 is 33.4 Å². The Morgan fingerprint density at radius 3 is 2.69 bits per heavy atom. The molecule has 1 aromatic rings. The zero-order chi connectivity index (χ0) is 19.5. The lowest BCUT2D eigenvalue weighted by atomic mass is 9.88. The lowest BCUT2D eigenvalue weighted by Crippen LogP contribution is -2.54. The van der Waals surface area contributed by atoms with Gasteiger partial charge in [-0.05, 0) is 56.0 Å². The molecule has 0 bridgehead atoms. The number of hydrogen-bond acceptors (Lipinski definition) is 7. The van der Waals surface area contributed by atoms with Crippen molar-refractivity contribution in [1.82, 2.24) is 10.3 Å². The number of halogens is 1. The first kappa shape index (κ1) is 20.4. The summed E-state index contributed by atoms with van der Waals surface area (Å²) in [6.07, 6.45) is 1.60. The zero-order valence-corrected chi connectivity index (χ0v) is 16.4. The number of amides is 1. The Hall–Kier alpha value is -1.94. The fraction of sp³-hybridized carbons (Fsp3) is 0.625. The highest BCUT2D eigenvalue weighted by atomic mass is 79.9. The highest BCUT2D eigenvalue weighted by molar-refractivity contribution is 9.10. The summed E-state index contributed by atoms with van der Waals surface area (Å²) in [7, 11) is 0. The van der Waals surface area contributed by atoms with Gasteiger partial charge in [0, 0.05) is 6.07 Å². The van der Waals surface area contributed by atoms with Gasteiger partial charge in [-0.15, -0.1) is 0 Å². The van der Waals surface area contributed by atoms with Crippen LogP contribution in [0.4, 0.5) is 16.2 Å². The lowest BCUT2D eigenvalue weighted by Gasteiger charge is -2.36. The summed E-state index contributed by atoms with van der Waals surface area (Å²) in [6.45, 7) is 5.28. The van der Waals surface area contributed by atoms with Crippen LogP contribution in [0, 0.1) is 10.1 Å². The number of aliphatic hydroxyl groups is 1. The minimum absolute atomic E-state index is 0.178. The number of carbonyl (C=O) groups is 1. The quantitative estimate of drug-likeness (QED) is 0.380. The molecule has 1 aliphatic carbocycles. The summed E-state index contributed by atoms with van der Waals surface area (Å²) in [5.41, 5.74) is -0.549. The molecule has 0 aliphatic heterocycles. The van der Waals surface area contributed by atoms with Crippen molar-refractivity contribution in [3.63, 3.8) is 0 Å². The van der Waals surface area contributed by atoms with E-state index in [1.807, 2.05) is 0 Å². The number of aliphatic hydroxyl groups excluding tert-OH is 1. The van der Waals surface area contributed by atoms with Crippen molar-refractivity contribution in [2.24, 2.45) is 0 Å². The Kier molecular flexibility index (Phi) is 6.40. The lowest BCUT2D eigenvalue weighted by molar-refractivity contribution is -0.384. The van der Waals surface area contributed by atoms with Gasteiger partial charge < -0.3 is 20.5 Å². The molecule has 1 aromatic heterocycles. The number of carbonyl (C=O) groups excluding carboxylic acids is 1. The normalized spacial score (nSPS) is 23.2. The number of alkyl carbamates (subject to hydrolysis) is 1. The van der Waals surface area contributed by atoms with Gasteiger partial charge in [-0.25, -0.2) is 9.78 Å². The second-order valence-electron chi connectivity index (χ2n) is 7.21. The Bertz CT molecular complexity index is 679. The van der Waals surface area contributed by atoms with Gasteiger partial charge in [0.05, 0.1) is 23.1 Å². The summed E-state index contributed by atoms with van der Waals surface area (Å²) in [5.74, 6) is 0. The highest BCUT2D eigenvalue weighted by Crippen LogP contribution is 2.30. The molecule has 1 fully saturated rings. The van der Waals surface area contributed by atoms with Crippen molar-refractivity contribution in [2.75, 3.05) is 5.32 Å². The van der Waals surface area contributed by atoms with E-state index in [0.29, 0.717) is 17.4 Å². The zero-order valence-electron chi connectivity index (χ0n) is 14.9. The Morgan fingerprint density at radius 2 is 2.08 bits per heavy atom. The SMILES string of the molecule is CC(C)(C)OC(=O)N[C@H]1CCC[C@@H](Nc2cc(Br)ncc2[N+](=O)[O-])[C@@H]1O. The first-order valence-electron chi connectivity index (χ1n) is 8.31. The summed E-state index contributed by atoms with van der Waals surface area (Å²) < 4.78 is 5.67. The second kappa shape index (κ2) is 8.17. The second-order valence-corrected chi connectivity index (χ2v) is 8.02. The van der Waals surface area contributed by atoms with E-state index >= 15 is 0 Å². The van der Waals surface area contributed by atoms with Crippen LogP contribution < -0.4 is 10.6 Å². The molecule has 3 N–H and O–H groups in total. The van der Waals surface area contributed by atoms with E-state index in [1.54, 1.807) is 20.8 Å². The van der Waals surface area contributed by atoms with Gasteiger partial charge in [-0.1, -0.05) is 0 Å². The largest absolute Gasteiger partial charge is 0.444 e. The molecule has 1 aliphatic rings. The van der Waals surface area contributed by atoms with Crippen LogP contribution in [-0.4, -0.2) is 44.9 Å². The van der Waals surface area contributed by atoms with Crippen molar-refractivity contribution in [1.29, 1.82) is 0 Å². The molecule has 0 radical (unpaired) electrons. The number of nitrogens with one attached hydrogen (secondary N) is 2. The van der Waals surface area contributed by atoms with E-state index in [-0.39, 0.29) is 11.4 Å². The van der Waals surface area contributed by atoms with E-state index < -0.39 is 34.8 Å². The highest BCUT2D eigenvalue weighted by Gasteiger charge is 2.34. The van der Waals surface area contributed by atoms with E-state index in [0.717, 1.165) is 12.6 Å². The molecule has 0 aromatic carbocycles. The van der Waals surface area contributed by atoms with E-state index in [1.165, 1.54) is 6.07 Å². The Morgan fingerprint density at radius 1 is 1.42 bits per heavy atom. The van der Waals surface area contributed by atoms with Crippen LogP contribution in [0.5, 0.6) is 0 Å². The predicted molar refractivity (Wildman–Crippen MR) is 99.0 cm³/mol. The van der Waals surface area contributed by atoms with Gasteiger partial charge in [0.25, 0.3) is 0 Å². The molecule has 1 heterocycles. The third-order valence-electron chi connectivity index (χ3n) is 3.94. The van der Waals surface area contributed by atoms with Crippen LogP contribution in [0.25, 0.3) is 0 Å². The maximum atomic E-state index is 12.0. The van der Waals surface area contributed by atoms with Crippen molar-refractivity contribution in [2.45, 2.75) is 63.8 Å². The summed E-state index contributed by atoms with van der Waals surface area (Å²) in [6, 6.07) is 0.549. The third-order valence-corrected chi connectivity index (χ3v) is 4.38. The van der Waals surface area contributed by atoms with Crippen molar-refractivity contribution in [3.05, 3.63) is 27.0 Å². The maximum Gasteiger partial charge on any atom is 0.407 e. The molecule has 144 valence electrons. The molecular weight excluding hydrogens is 408 g/mol. The maximum absolute atomic E-state index is 12.0. The number of nitrogens with zero attached hydrogens (tertiary/aromatic N) is 2. The fourth-order valence-corrected chi connectivity index (χ4v) is 3.17. The molecule has 26 heavy (non-hydrogen) atoms. The number of hydrogen-bond donors (Lipinski definition) is 3. The number of ether oxygens (including phenoxy) is 1. The number of rotatable bonds is 4. The molecule has 10 heteroatoms. The molecule has 2 rings (SSSR count). The summed E-state index contributed by atoms with van der Waals surface area (Å²) in [4.78, 5) is 26.5. The minimum Gasteiger partial charge on any atom is -0.444 e. The monoisotopic (exact) mass is 430 g/mol. The van der Waals surface area contributed by atoms with Gasteiger partial charge in [0.15, 0.2) is 0 Å². The molecule has 9 nitrogen and oxygen atoms in total. The Balaban J connectivity index is 2.08. The van der Waals surface area contributed by atoms with Crippen LogP contribution in [0.2, 0.25) is 0 Å². The van der Waals surface area contributed by atoms with Gasteiger partial charge in [-0.3, -0.25) is 10.1 Å². The van der Waals surface area contributed by atoms with Crippen LogP contribution in [0.15, 0.2) is 16.9 Å². The van der Waals surface area contributed by atoms with E-state index in [2.05, 4.69) is 31.5 Å². The molecule has 0 saturated heterocycles. The van der Waals surface area contributed by atoms with Crippen LogP contribution in [-0.2, 0) is 4.74 Å². The molecule has 3 atom stereocenters. The van der Waals surface area contributed by atoms with Gasteiger partial charge in [-0.2, -0.15) is 0 Å². The standard InChI is InChI=1S/C16H23BrN4O5/c1-16(2,3)26-15(23)20-10-6-4-5-9(14(10)22)19-11-7-13(17)18-8-12(11)21(24)25/h7-10,14,22H,4-6H2,1-3H3,(H,18,19)(H,20,23)/t9-,10+,14+/m1/s1. The number of nitro groups is 1. The van der Waals surface area contributed by atoms with Gasteiger partial charge in [0.2, 0.25) is 0 Å². The first-order chi connectivity index (χ1) is 12.1. The van der Waals surface area contributed by atoms with E-state index in [4.69, 9.17) is 4.74 Å². The average Bonchev–Trinajstić information content (AvgIpc) is 2.49. The molecule has 1 amide bonds. The first-order valence-corrected chi connectivity index (χ1v) is 9.10. The Labute approximate surface area is 159 Å². The number of anilines is 1. The number of pyridine rings is 1. The van der Waals surface area contributed by atoms with Crippen molar-refractivity contribution in [3.8, 4) is 0 Å². The molecule has 1 saturated carbocycles. The molecule has 0 spiro atoms. The number of aromatic nitrogens is 1.